The summed E-state index contributed by atoms with van der Waals surface area (Å²) in [5, 5.41) is 0.702. The number of nitrogens with two attached hydrogens (primary N) is 1. The monoisotopic (exact) mass is 333 g/mol. The van der Waals surface area contributed by atoms with Crippen LogP contribution < -0.4 is 15.2 Å². The summed E-state index contributed by atoms with van der Waals surface area (Å²) < 4.78 is 11.2. The highest BCUT2D eigenvalue weighted by molar-refractivity contribution is 6.30. The van der Waals surface area contributed by atoms with Gasteiger partial charge >= 0.3 is 0 Å². The fraction of sp³-hybridized carbons (Fsp3) is 0.368. The standard InChI is InChI=1S/C19H24ClNO2/c1-3-22-17-8-5-14(6-9-17)11-15(13-21)18-12-16(20)7-10-19(18)23-4-2/h5-10,12,15H,3-4,11,13,21H2,1-2H3. The predicted octanol–water partition coefficient (Wildman–Crippen LogP) is 4.42. The van der Waals surface area contributed by atoms with Crippen molar-refractivity contribution < 1.29 is 9.47 Å². The van der Waals surface area contributed by atoms with Gasteiger partial charge in [-0.25, -0.2) is 0 Å². The van der Waals surface area contributed by atoms with Crippen LogP contribution in [0.1, 0.15) is 30.9 Å². The molecule has 2 rings (SSSR count). The Morgan fingerprint density at radius 3 is 2.30 bits per heavy atom. The van der Waals surface area contributed by atoms with Crippen LogP contribution >= 0.6 is 11.6 Å². The van der Waals surface area contributed by atoms with E-state index in [0.717, 1.165) is 23.5 Å². The van der Waals surface area contributed by atoms with Crippen molar-refractivity contribution in [2.45, 2.75) is 26.2 Å². The lowest BCUT2D eigenvalue weighted by Crippen LogP contribution is -2.16. The Balaban J connectivity index is 2.20. The zero-order chi connectivity index (χ0) is 16.7. The van der Waals surface area contributed by atoms with Crippen molar-refractivity contribution in [3.05, 3.63) is 58.6 Å². The SMILES string of the molecule is CCOc1ccc(CC(CN)c2cc(Cl)ccc2OCC)cc1. The fourth-order valence-corrected chi connectivity index (χ4v) is 2.80. The first-order valence-corrected chi connectivity index (χ1v) is 8.39. The molecule has 0 heterocycles. The fourth-order valence-electron chi connectivity index (χ4n) is 2.62. The van der Waals surface area contributed by atoms with Crippen LogP contribution in [0.25, 0.3) is 0 Å². The summed E-state index contributed by atoms with van der Waals surface area (Å²) in [7, 11) is 0. The summed E-state index contributed by atoms with van der Waals surface area (Å²) in [6.45, 7) is 5.78. The van der Waals surface area contributed by atoms with Crippen LogP contribution in [-0.4, -0.2) is 19.8 Å². The quantitative estimate of drug-likeness (QED) is 0.777. The molecule has 0 aromatic heterocycles. The minimum atomic E-state index is 0.160. The van der Waals surface area contributed by atoms with E-state index in [9.17, 15) is 0 Å². The summed E-state index contributed by atoms with van der Waals surface area (Å²) in [5.74, 6) is 1.91. The van der Waals surface area contributed by atoms with Gasteiger partial charge in [-0.1, -0.05) is 23.7 Å². The highest BCUT2D eigenvalue weighted by atomic mass is 35.5. The molecule has 0 spiro atoms. The third-order valence-corrected chi connectivity index (χ3v) is 3.95. The molecule has 124 valence electrons. The minimum absolute atomic E-state index is 0.160. The predicted molar refractivity (Wildman–Crippen MR) is 95.7 cm³/mol. The summed E-state index contributed by atoms with van der Waals surface area (Å²) in [6, 6.07) is 13.9. The highest BCUT2D eigenvalue weighted by Gasteiger charge is 2.16. The van der Waals surface area contributed by atoms with E-state index in [1.807, 2.05) is 44.2 Å². The highest BCUT2D eigenvalue weighted by Crippen LogP contribution is 2.32. The third-order valence-electron chi connectivity index (χ3n) is 3.71. The maximum Gasteiger partial charge on any atom is 0.122 e. The first-order chi connectivity index (χ1) is 11.2. The average molecular weight is 334 g/mol. The van der Waals surface area contributed by atoms with E-state index in [2.05, 4.69) is 12.1 Å². The Morgan fingerprint density at radius 2 is 1.70 bits per heavy atom. The Bertz CT molecular complexity index is 613. The average Bonchev–Trinajstić information content (AvgIpc) is 2.56. The molecule has 0 aliphatic rings. The maximum absolute atomic E-state index is 6.16. The Morgan fingerprint density at radius 1 is 1.00 bits per heavy atom. The lowest BCUT2D eigenvalue weighted by Gasteiger charge is -2.19. The lowest BCUT2D eigenvalue weighted by molar-refractivity contribution is 0.334. The second-order valence-electron chi connectivity index (χ2n) is 5.33. The molecule has 1 atom stereocenters. The molecule has 2 aromatic carbocycles. The van der Waals surface area contributed by atoms with Gasteiger partial charge in [0, 0.05) is 16.5 Å². The van der Waals surface area contributed by atoms with E-state index in [-0.39, 0.29) is 5.92 Å². The normalized spacial score (nSPS) is 12.0. The van der Waals surface area contributed by atoms with Gasteiger partial charge in [-0.2, -0.15) is 0 Å². The summed E-state index contributed by atoms with van der Waals surface area (Å²) >= 11 is 6.16. The van der Waals surface area contributed by atoms with Crippen molar-refractivity contribution in [2.24, 2.45) is 5.73 Å². The summed E-state index contributed by atoms with van der Waals surface area (Å²) in [4.78, 5) is 0. The second-order valence-corrected chi connectivity index (χ2v) is 5.77. The molecule has 0 saturated heterocycles. The summed E-state index contributed by atoms with van der Waals surface area (Å²) in [5.41, 5.74) is 8.30. The molecule has 4 heteroatoms. The zero-order valence-electron chi connectivity index (χ0n) is 13.7. The number of benzene rings is 2. The second kappa shape index (κ2) is 8.80. The van der Waals surface area contributed by atoms with E-state index in [4.69, 9.17) is 26.8 Å². The van der Waals surface area contributed by atoms with Gasteiger partial charge in [0.05, 0.1) is 13.2 Å². The van der Waals surface area contributed by atoms with Gasteiger partial charge in [0.25, 0.3) is 0 Å². The van der Waals surface area contributed by atoms with Gasteiger partial charge in [0.1, 0.15) is 11.5 Å². The van der Waals surface area contributed by atoms with E-state index < -0.39 is 0 Å². The number of hydrogen-bond donors (Lipinski definition) is 1. The van der Waals surface area contributed by atoms with Gasteiger partial charge in [-0.3, -0.25) is 0 Å². The van der Waals surface area contributed by atoms with Crippen molar-refractivity contribution in [3.63, 3.8) is 0 Å². The van der Waals surface area contributed by atoms with Crippen molar-refractivity contribution in [3.8, 4) is 11.5 Å². The van der Waals surface area contributed by atoms with Crippen LogP contribution in [0.2, 0.25) is 5.02 Å². The van der Waals surface area contributed by atoms with Crippen molar-refractivity contribution >= 4 is 11.6 Å². The number of hydrogen-bond acceptors (Lipinski definition) is 3. The molecule has 0 radical (unpaired) electrons. The van der Waals surface area contributed by atoms with Crippen LogP contribution in [0.5, 0.6) is 11.5 Å². The van der Waals surface area contributed by atoms with Crippen LogP contribution in [0.4, 0.5) is 0 Å². The molecule has 0 aliphatic heterocycles. The van der Waals surface area contributed by atoms with Gasteiger partial charge in [-0.15, -0.1) is 0 Å². The molecule has 0 bridgehead atoms. The molecule has 0 saturated carbocycles. The molecule has 0 aliphatic carbocycles. The first-order valence-electron chi connectivity index (χ1n) is 8.02. The topological polar surface area (TPSA) is 44.5 Å². The van der Waals surface area contributed by atoms with Gasteiger partial charge < -0.3 is 15.2 Å². The Hall–Kier alpha value is -1.71. The molecule has 0 fully saturated rings. The zero-order valence-corrected chi connectivity index (χ0v) is 14.5. The minimum Gasteiger partial charge on any atom is -0.494 e. The van der Waals surface area contributed by atoms with Crippen LogP contribution in [0, 0.1) is 0 Å². The van der Waals surface area contributed by atoms with E-state index in [1.54, 1.807) is 0 Å². The molecule has 3 nitrogen and oxygen atoms in total. The lowest BCUT2D eigenvalue weighted by atomic mass is 9.91. The molecule has 2 N–H and O–H groups in total. The Kier molecular flexibility index (Phi) is 6.75. The summed E-state index contributed by atoms with van der Waals surface area (Å²) in [6.07, 6.45) is 0.837. The molecule has 0 amide bonds. The Labute approximate surface area is 143 Å². The largest absolute Gasteiger partial charge is 0.494 e. The van der Waals surface area contributed by atoms with Crippen LogP contribution in [-0.2, 0) is 6.42 Å². The van der Waals surface area contributed by atoms with E-state index in [0.29, 0.717) is 24.8 Å². The smallest absolute Gasteiger partial charge is 0.122 e. The van der Waals surface area contributed by atoms with Crippen molar-refractivity contribution in [1.82, 2.24) is 0 Å². The van der Waals surface area contributed by atoms with Crippen LogP contribution in [0.3, 0.4) is 0 Å². The van der Waals surface area contributed by atoms with E-state index in [1.165, 1.54) is 5.56 Å². The molecular formula is C19H24ClNO2. The van der Waals surface area contributed by atoms with Gasteiger partial charge in [-0.05, 0) is 62.7 Å². The number of rotatable bonds is 8. The molecule has 1 unspecified atom stereocenters. The van der Waals surface area contributed by atoms with Crippen LogP contribution in [0.15, 0.2) is 42.5 Å². The van der Waals surface area contributed by atoms with Crippen molar-refractivity contribution in [1.29, 1.82) is 0 Å². The number of halogens is 1. The van der Waals surface area contributed by atoms with Gasteiger partial charge in [0.15, 0.2) is 0 Å². The number of ether oxygens (including phenoxy) is 2. The van der Waals surface area contributed by atoms with Gasteiger partial charge in [0.2, 0.25) is 0 Å². The van der Waals surface area contributed by atoms with E-state index >= 15 is 0 Å². The van der Waals surface area contributed by atoms with Crippen molar-refractivity contribution in [2.75, 3.05) is 19.8 Å². The maximum atomic E-state index is 6.16. The third kappa shape index (κ3) is 4.88. The molecule has 2 aromatic rings. The molecular weight excluding hydrogens is 310 g/mol. The first kappa shape index (κ1) is 17.6. The molecule has 23 heavy (non-hydrogen) atoms.